The van der Waals surface area contributed by atoms with Crippen molar-refractivity contribution < 1.29 is 14.0 Å². The molecule has 86 valence electrons. The van der Waals surface area contributed by atoms with Gasteiger partial charge >= 0.3 is 0 Å². The van der Waals surface area contributed by atoms with E-state index < -0.39 is 17.6 Å². The van der Waals surface area contributed by atoms with Crippen LogP contribution in [0.25, 0.3) is 0 Å². The summed E-state index contributed by atoms with van der Waals surface area (Å²) in [6.45, 7) is -0.213. The summed E-state index contributed by atoms with van der Waals surface area (Å²) in [4.78, 5) is 23.5. The van der Waals surface area contributed by atoms with Crippen LogP contribution in [-0.4, -0.2) is 30.3 Å². The van der Waals surface area contributed by atoms with Gasteiger partial charge in [0.05, 0.1) is 12.1 Å². The molecule has 0 saturated heterocycles. The molecule has 16 heavy (non-hydrogen) atoms. The molecule has 0 unspecified atom stereocenters. The molecule has 4 N–H and O–H groups in total. The summed E-state index contributed by atoms with van der Waals surface area (Å²) in [6.07, 6.45) is 0. The molecule has 0 aliphatic rings. The van der Waals surface area contributed by atoms with E-state index >= 15 is 0 Å². The molecule has 5 nitrogen and oxygen atoms in total. The third-order valence-corrected chi connectivity index (χ3v) is 1.98. The smallest absolute Gasteiger partial charge is 0.256 e. The lowest BCUT2D eigenvalue weighted by atomic mass is 10.1. The number of nitrogen functional groups attached to an aromatic ring is 1. The van der Waals surface area contributed by atoms with Gasteiger partial charge in [0, 0.05) is 12.7 Å². The summed E-state index contributed by atoms with van der Waals surface area (Å²) >= 11 is 0. The molecule has 0 spiro atoms. The van der Waals surface area contributed by atoms with Gasteiger partial charge < -0.3 is 16.4 Å². The Balaban J connectivity index is 2.92. The fourth-order valence-electron chi connectivity index (χ4n) is 1.24. The topological polar surface area (TPSA) is 89.4 Å². The largest absolute Gasteiger partial charge is 0.398 e. The average Bonchev–Trinajstić information content (AvgIpc) is 2.15. The van der Waals surface area contributed by atoms with Gasteiger partial charge in [-0.25, -0.2) is 4.39 Å². The lowest BCUT2D eigenvalue weighted by Gasteiger charge is -2.16. The first-order valence-corrected chi connectivity index (χ1v) is 4.50. The van der Waals surface area contributed by atoms with Gasteiger partial charge in [-0.1, -0.05) is 0 Å². The van der Waals surface area contributed by atoms with Crippen LogP contribution in [-0.2, 0) is 4.79 Å². The highest BCUT2D eigenvalue weighted by Crippen LogP contribution is 2.14. The summed E-state index contributed by atoms with van der Waals surface area (Å²) in [7, 11) is 1.41. The molecule has 0 aliphatic heterocycles. The highest BCUT2D eigenvalue weighted by molar-refractivity contribution is 6.00. The van der Waals surface area contributed by atoms with Crippen LogP contribution in [0.15, 0.2) is 18.2 Å². The molecule has 0 radical (unpaired) electrons. The Bertz CT molecular complexity index is 434. The molecule has 2 amide bonds. The second-order valence-corrected chi connectivity index (χ2v) is 3.36. The van der Waals surface area contributed by atoms with Crippen LogP contribution in [0.4, 0.5) is 10.1 Å². The maximum Gasteiger partial charge on any atom is 0.256 e. The van der Waals surface area contributed by atoms with Crippen LogP contribution in [0.1, 0.15) is 10.4 Å². The van der Waals surface area contributed by atoms with Gasteiger partial charge in [0.15, 0.2) is 0 Å². The lowest BCUT2D eigenvalue weighted by Crippen LogP contribution is -2.35. The predicted octanol–water partition coefficient (Wildman–Crippen LogP) is -0.0348. The maximum atomic E-state index is 12.7. The number of benzene rings is 1. The molecule has 6 heteroatoms. The molecule has 0 heterocycles. The van der Waals surface area contributed by atoms with Crippen LogP contribution in [0.5, 0.6) is 0 Å². The van der Waals surface area contributed by atoms with E-state index in [0.29, 0.717) is 0 Å². The monoisotopic (exact) mass is 225 g/mol. The summed E-state index contributed by atoms with van der Waals surface area (Å²) in [5.74, 6) is -1.63. The summed E-state index contributed by atoms with van der Waals surface area (Å²) in [5, 5.41) is 0. The molecule has 1 aromatic carbocycles. The molecule has 0 aliphatic carbocycles. The minimum Gasteiger partial charge on any atom is -0.398 e. The molecule has 1 rings (SSSR count). The van der Waals surface area contributed by atoms with Crippen molar-refractivity contribution in [1.29, 1.82) is 0 Å². The second kappa shape index (κ2) is 4.61. The van der Waals surface area contributed by atoms with Crippen molar-refractivity contribution in [3.05, 3.63) is 29.6 Å². The highest BCUT2D eigenvalue weighted by atomic mass is 19.1. The highest BCUT2D eigenvalue weighted by Gasteiger charge is 2.16. The van der Waals surface area contributed by atoms with Crippen molar-refractivity contribution in [3.8, 4) is 0 Å². The van der Waals surface area contributed by atoms with Gasteiger partial charge in [0.1, 0.15) is 5.82 Å². The van der Waals surface area contributed by atoms with Gasteiger partial charge in [-0.15, -0.1) is 0 Å². The number of carbonyl (C=O) groups is 2. The number of likely N-dealkylation sites (N-methyl/N-ethyl adjacent to an activating group) is 1. The van der Waals surface area contributed by atoms with Gasteiger partial charge in [-0.2, -0.15) is 0 Å². The normalized spacial score (nSPS) is 9.88. The number of carbonyl (C=O) groups excluding carboxylic acids is 2. The van der Waals surface area contributed by atoms with Crippen LogP contribution in [0.3, 0.4) is 0 Å². The Morgan fingerprint density at radius 1 is 1.44 bits per heavy atom. The molecular weight excluding hydrogens is 213 g/mol. The van der Waals surface area contributed by atoms with Crippen molar-refractivity contribution in [2.24, 2.45) is 5.73 Å². The molecule has 0 fully saturated rings. The zero-order valence-electron chi connectivity index (χ0n) is 8.74. The number of amides is 2. The van der Waals surface area contributed by atoms with Crippen LogP contribution in [0.2, 0.25) is 0 Å². The van der Waals surface area contributed by atoms with E-state index in [2.05, 4.69) is 0 Å². The van der Waals surface area contributed by atoms with E-state index in [4.69, 9.17) is 11.5 Å². The fraction of sp³-hybridized carbons (Fsp3) is 0.200. The van der Waals surface area contributed by atoms with Gasteiger partial charge in [-0.05, 0) is 18.2 Å². The van der Waals surface area contributed by atoms with Gasteiger partial charge in [-0.3, -0.25) is 9.59 Å². The van der Waals surface area contributed by atoms with Crippen LogP contribution < -0.4 is 11.5 Å². The second-order valence-electron chi connectivity index (χ2n) is 3.36. The Hall–Kier alpha value is -2.11. The Kier molecular flexibility index (Phi) is 3.44. The lowest BCUT2D eigenvalue weighted by molar-refractivity contribution is -0.118. The number of halogens is 1. The molecule has 1 aromatic rings. The first-order chi connectivity index (χ1) is 7.41. The first-order valence-electron chi connectivity index (χ1n) is 4.50. The third-order valence-electron chi connectivity index (χ3n) is 1.98. The van der Waals surface area contributed by atoms with Crippen molar-refractivity contribution in [1.82, 2.24) is 4.90 Å². The number of primary amides is 1. The SMILES string of the molecule is CN(CC(N)=O)C(=O)c1ccc(F)cc1N. The molecule has 0 bridgehead atoms. The van der Waals surface area contributed by atoms with Crippen molar-refractivity contribution in [2.45, 2.75) is 0 Å². The molecular formula is C10H12FN3O2. The number of nitrogens with zero attached hydrogens (tertiary/aromatic N) is 1. The maximum absolute atomic E-state index is 12.7. The Labute approximate surface area is 91.8 Å². The summed E-state index contributed by atoms with van der Waals surface area (Å²) in [5.41, 5.74) is 10.6. The molecule has 0 saturated carbocycles. The van der Waals surface area contributed by atoms with Gasteiger partial charge in [0.2, 0.25) is 5.91 Å². The summed E-state index contributed by atoms with van der Waals surface area (Å²) < 4.78 is 12.7. The predicted molar refractivity (Wildman–Crippen MR) is 57.0 cm³/mol. The number of hydrogen-bond donors (Lipinski definition) is 2. The van der Waals surface area contributed by atoms with Crippen molar-refractivity contribution in [2.75, 3.05) is 19.3 Å². The molecule has 0 aromatic heterocycles. The number of rotatable bonds is 3. The van der Waals surface area contributed by atoms with Crippen LogP contribution >= 0.6 is 0 Å². The minimum absolute atomic E-state index is 0.0290. The molecule has 0 atom stereocenters. The first kappa shape index (κ1) is 12.0. The Morgan fingerprint density at radius 2 is 2.06 bits per heavy atom. The van der Waals surface area contributed by atoms with E-state index in [1.807, 2.05) is 0 Å². The third kappa shape index (κ3) is 2.69. The van der Waals surface area contributed by atoms with E-state index in [9.17, 15) is 14.0 Å². The Morgan fingerprint density at radius 3 is 2.56 bits per heavy atom. The van der Waals surface area contributed by atoms with E-state index in [-0.39, 0.29) is 17.8 Å². The number of nitrogens with two attached hydrogens (primary N) is 2. The van der Waals surface area contributed by atoms with E-state index in [1.165, 1.54) is 13.1 Å². The minimum atomic E-state index is -0.628. The standard InChI is InChI=1S/C10H12FN3O2/c1-14(5-9(13)15)10(16)7-3-2-6(11)4-8(7)12/h2-4H,5,12H2,1H3,(H2,13,15). The fourth-order valence-corrected chi connectivity index (χ4v) is 1.24. The zero-order chi connectivity index (χ0) is 12.3. The quantitative estimate of drug-likeness (QED) is 0.707. The van der Waals surface area contributed by atoms with Crippen LogP contribution in [0, 0.1) is 5.82 Å². The van der Waals surface area contributed by atoms with Crippen molar-refractivity contribution in [3.63, 3.8) is 0 Å². The number of hydrogen-bond acceptors (Lipinski definition) is 3. The average molecular weight is 225 g/mol. The summed E-state index contributed by atoms with van der Waals surface area (Å²) in [6, 6.07) is 3.44. The van der Waals surface area contributed by atoms with E-state index in [0.717, 1.165) is 17.0 Å². The number of anilines is 1. The zero-order valence-corrected chi connectivity index (χ0v) is 8.74. The van der Waals surface area contributed by atoms with Crippen molar-refractivity contribution >= 4 is 17.5 Å². The van der Waals surface area contributed by atoms with E-state index in [1.54, 1.807) is 0 Å². The van der Waals surface area contributed by atoms with Gasteiger partial charge in [0.25, 0.3) is 5.91 Å².